The first-order valence-electron chi connectivity index (χ1n) is 19.0. The third kappa shape index (κ3) is 7.88. The molecule has 8 rings (SSSR count). The van der Waals surface area contributed by atoms with Crippen molar-refractivity contribution in [1.29, 1.82) is 0 Å². The van der Waals surface area contributed by atoms with E-state index >= 15 is 0 Å². The zero-order chi connectivity index (χ0) is 41.2. The molecular weight excluding hydrogens is 745 g/mol. The number of aryl methyl sites for hydroxylation is 4. The number of fused-ring (bicyclic) bond motifs is 2. The average Bonchev–Trinajstić information content (AvgIpc) is 3.25. The molecule has 0 radical (unpaired) electrons. The van der Waals surface area contributed by atoms with E-state index in [1.54, 1.807) is 43.6 Å². The van der Waals surface area contributed by atoms with E-state index in [1.807, 2.05) is 100 Å². The topological polar surface area (TPSA) is 138 Å². The highest BCUT2D eigenvalue weighted by molar-refractivity contribution is 5.90. The van der Waals surface area contributed by atoms with Gasteiger partial charge >= 0.3 is 0 Å². The van der Waals surface area contributed by atoms with Gasteiger partial charge in [-0.2, -0.15) is 0 Å². The van der Waals surface area contributed by atoms with Gasteiger partial charge in [-0.05, 0) is 69.2 Å². The lowest BCUT2D eigenvalue weighted by atomic mass is 10.1. The van der Waals surface area contributed by atoms with E-state index < -0.39 is 6.10 Å². The Labute approximate surface area is 341 Å². The van der Waals surface area contributed by atoms with Crippen molar-refractivity contribution in [3.63, 3.8) is 0 Å². The number of aromatic hydroxyl groups is 1. The summed E-state index contributed by atoms with van der Waals surface area (Å²) in [6.45, 7) is 7.70. The van der Waals surface area contributed by atoms with E-state index in [0.717, 1.165) is 39.3 Å². The quantitative estimate of drug-likeness (QED) is 0.122. The second-order valence-corrected chi connectivity index (χ2v) is 14.2. The van der Waals surface area contributed by atoms with Crippen LogP contribution >= 0.6 is 0 Å². The number of aliphatic hydroxyl groups excluding tert-OH is 1. The van der Waals surface area contributed by atoms with Gasteiger partial charge in [0, 0.05) is 57.7 Å². The molecule has 11 heteroatoms. The third-order valence-corrected chi connectivity index (χ3v) is 10.2. The van der Waals surface area contributed by atoms with Crippen molar-refractivity contribution < 1.29 is 33.9 Å². The number of hydrogen-bond donors (Lipinski definition) is 2. The maximum atomic E-state index is 11.6. The van der Waals surface area contributed by atoms with Gasteiger partial charge in [0.2, 0.25) is 0 Å². The maximum Gasteiger partial charge on any atom is 0.163 e. The summed E-state index contributed by atoms with van der Waals surface area (Å²) in [7, 11) is 3.02. The van der Waals surface area contributed by atoms with Gasteiger partial charge in [0.25, 0.3) is 0 Å². The molecule has 296 valence electrons. The van der Waals surface area contributed by atoms with E-state index in [9.17, 15) is 10.2 Å². The molecule has 1 unspecified atom stereocenters. The van der Waals surface area contributed by atoms with Crippen LogP contribution in [0.2, 0.25) is 0 Å². The zero-order valence-electron chi connectivity index (χ0n) is 33.5. The highest BCUT2D eigenvalue weighted by Gasteiger charge is 2.22. The van der Waals surface area contributed by atoms with E-state index in [2.05, 4.69) is 4.98 Å². The van der Waals surface area contributed by atoms with Crippen LogP contribution in [-0.4, -0.2) is 51.0 Å². The minimum atomic E-state index is -1.23. The molecular formula is C48H42N4O7. The fourth-order valence-corrected chi connectivity index (χ4v) is 6.75. The second kappa shape index (κ2) is 16.3. The molecule has 0 aliphatic rings. The molecule has 1 atom stereocenters. The number of nitrogens with zero attached hydrogens (tertiary/aromatic N) is 4. The van der Waals surface area contributed by atoms with Gasteiger partial charge in [0.15, 0.2) is 34.5 Å². The number of phenolic OH excluding ortho intramolecular Hbond substituents is 1. The van der Waals surface area contributed by atoms with Crippen LogP contribution in [0.5, 0.6) is 46.0 Å². The Balaban J connectivity index is 1.11. The lowest BCUT2D eigenvalue weighted by molar-refractivity contribution is 0.103. The molecule has 4 aromatic carbocycles. The summed E-state index contributed by atoms with van der Waals surface area (Å²) < 4.78 is 30.7. The minimum absolute atomic E-state index is 0.110. The van der Waals surface area contributed by atoms with E-state index in [-0.39, 0.29) is 23.8 Å². The molecule has 0 saturated carbocycles. The smallest absolute Gasteiger partial charge is 0.163 e. The first-order chi connectivity index (χ1) is 28.6. The summed E-state index contributed by atoms with van der Waals surface area (Å²) in [6.07, 6.45) is 0.438. The Morgan fingerprint density at radius 1 is 0.542 bits per heavy atom. The largest absolute Gasteiger partial charge is 0.504 e. The number of aliphatic hydroxyl groups is 1. The monoisotopic (exact) mass is 786 g/mol. The number of pyridine rings is 4. The Hall–Kier alpha value is -7.24. The van der Waals surface area contributed by atoms with Crippen LogP contribution in [-0.2, 0) is 0 Å². The number of rotatable bonds is 12. The summed E-state index contributed by atoms with van der Waals surface area (Å²) in [5.74, 6) is 2.95. The predicted octanol–water partition coefficient (Wildman–Crippen LogP) is 10.6. The second-order valence-electron chi connectivity index (χ2n) is 14.2. The van der Waals surface area contributed by atoms with Crippen LogP contribution in [0.15, 0.2) is 115 Å². The average molecular weight is 787 g/mol. The van der Waals surface area contributed by atoms with Crippen molar-refractivity contribution in [2.24, 2.45) is 0 Å². The van der Waals surface area contributed by atoms with Crippen molar-refractivity contribution in [2.75, 3.05) is 20.8 Å². The summed E-state index contributed by atoms with van der Waals surface area (Å²) >= 11 is 0. The fraction of sp³-hybridized carbons (Fsp3) is 0.167. The van der Waals surface area contributed by atoms with Crippen molar-refractivity contribution in [1.82, 2.24) is 19.9 Å². The molecule has 0 spiro atoms. The number of benzene rings is 4. The fourth-order valence-electron chi connectivity index (χ4n) is 6.75. The molecule has 8 aromatic rings. The molecule has 2 N–H and O–H groups in total. The molecule has 4 aromatic heterocycles. The molecule has 0 saturated heterocycles. The summed E-state index contributed by atoms with van der Waals surface area (Å²) in [5.41, 5.74) is 8.14. The van der Waals surface area contributed by atoms with Crippen LogP contribution in [0, 0.1) is 27.7 Å². The van der Waals surface area contributed by atoms with Gasteiger partial charge < -0.3 is 33.9 Å². The Morgan fingerprint density at radius 3 is 1.69 bits per heavy atom. The molecule has 0 aliphatic carbocycles. The van der Waals surface area contributed by atoms with Gasteiger partial charge in [0.05, 0.1) is 30.9 Å². The van der Waals surface area contributed by atoms with Gasteiger partial charge in [-0.1, -0.05) is 60.7 Å². The van der Waals surface area contributed by atoms with E-state index in [4.69, 9.17) is 38.6 Å². The number of hydrogen-bond acceptors (Lipinski definition) is 11. The van der Waals surface area contributed by atoms with Gasteiger partial charge in [0.1, 0.15) is 35.6 Å². The summed E-state index contributed by atoms with van der Waals surface area (Å²) in [5, 5.41) is 23.6. The van der Waals surface area contributed by atoms with Crippen molar-refractivity contribution in [3.8, 4) is 68.5 Å². The number of aromatic nitrogens is 4. The first-order valence-corrected chi connectivity index (χ1v) is 19.0. The normalized spacial score (nSPS) is 11.7. The summed E-state index contributed by atoms with van der Waals surface area (Å²) in [6, 6.07) is 33.7. The van der Waals surface area contributed by atoms with E-state index in [0.29, 0.717) is 62.0 Å². The SMILES string of the molecule is COc1cc2c(Oc3cc(C)c(C)nc3-c3ccccc3)cc(C(O)COc3cc4nccc(Oc5cc(C)c(C)nc5-c5ccccc5)c4cc3OC)nc2cc1O. The van der Waals surface area contributed by atoms with Gasteiger partial charge in [-0.25, -0.2) is 15.0 Å². The Bertz CT molecular complexity index is 2830. The predicted molar refractivity (Wildman–Crippen MR) is 227 cm³/mol. The van der Waals surface area contributed by atoms with Crippen molar-refractivity contribution >= 4 is 21.8 Å². The number of phenols is 1. The highest BCUT2D eigenvalue weighted by Crippen LogP contribution is 2.42. The van der Waals surface area contributed by atoms with Crippen LogP contribution in [0.1, 0.15) is 34.3 Å². The van der Waals surface area contributed by atoms with Crippen LogP contribution in [0.25, 0.3) is 44.3 Å². The summed E-state index contributed by atoms with van der Waals surface area (Å²) in [4.78, 5) is 19.1. The molecule has 0 amide bonds. The molecule has 59 heavy (non-hydrogen) atoms. The third-order valence-electron chi connectivity index (χ3n) is 10.2. The number of ether oxygens (including phenoxy) is 5. The van der Waals surface area contributed by atoms with Gasteiger partial charge in [-0.3, -0.25) is 4.98 Å². The van der Waals surface area contributed by atoms with Crippen LogP contribution < -0.4 is 23.7 Å². The molecule has 4 heterocycles. The molecule has 11 nitrogen and oxygen atoms in total. The lowest BCUT2D eigenvalue weighted by Gasteiger charge is -2.19. The minimum Gasteiger partial charge on any atom is -0.504 e. The Morgan fingerprint density at radius 2 is 1.10 bits per heavy atom. The maximum absolute atomic E-state index is 11.6. The Kier molecular flexibility index (Phi) is 10.7. The first kappa shape index (κ1) is 38.6. The number of methoxy groups -OCH3 is 2. The van der Waals surface area contributed by atoms with E-state index in [1.165, 1.54) is 13.2 Å². The highest BCUT2D eigenvalue weighted by atomic mass is 16.5. The van der Waals surface area contributed by atoms with Crippen molar-refractivity contribution in [3.05, 3.63) is 144 Å². The molecule has 0 fully saturated rings. The van der Waals surface area contributed by atoms with Crippen molar-refractivity contribution in [2.45, 2.75) is 33.8 Å². The van der Waals surface area contributed by atoms with Crippen LogP contribution in [0.4, 0.5) is 0 Å². The van der Waals surface area contributed by atoms with Gasteiger partial charge in [-0.15, -0.1) is 0 Å². The zero-order valence-corrected chi connectivity index (χ0v) is 33.5. The molecule has 0 aliphatic heterocycles. The lowest BCUT2D eigenvalue weighted by Crippen LogP contribution is -2.12. The van der Waals surface area contributed by atoms with Crippen LogP contribution in [0.3, 0.4) is 0 Å². The standard InChI is InChI=1S/C48H42N4O7/c1-27-19-45(47(50-29(27)3)31-13-9-7-10-14-31)58-40-17-18-49-35-24-44(43(56-6)22-33(35)40)57-26-39(54)37-25-41(34-21-42(55-5)38(53)23-36(34)52-37)59-46-20-28(2)30(4)51-48(46)32-15-11-8-12-16-32/h7-25,39,53-54H,26H2,1-6H3. The molecule has 0 bridgehead atoms.